The number of nitrogens with one attached hydrogen (secondary N) is 1. The molecule has 1 aromatic rings. The lowest BCUT2D eigenvalue weighted by molar-refractivity contribution is -0.393. The molecule has 0 aliphatic carbocycles. The Bertz CT molecular complexity index is 738. The van der Waals surface area contributed by atoms with Crippen LogP contribution in [0.2, 0.25) is 0 Å². The summed E-state index contributed by atoms with van der Waals surface area (Å²) in [5.74, 6) is -1.88. The predicted molar refractivity (Wildman–Crippen MR) is 98.0 cm³/mol. The van der Waals surface area contributed by atoms with Gasteiger partial charge < -0.3 is 15.3 Å². The highest BCUT2D eigenvalue weighted by Gasteiger charge is 2.30. The van der Waals surface area contributed by atoms with Crippen molar-refractivity contribution in [2.45, 2.75) is 6.42 Å². The molecule has 11 nitrogen and oxygen atoms in total. The molecule has 0 radical (unpaired) electrons. The van der Waals surface area contributed by atoms with Gasteiger partial charge in [-0.05, 0) is 6.07 Å². The van der Waals surface area contributed by atoms with E-state index in [2.05, 4.69) is 5.32 Å². The monoisotopic (exact) mass is 422 g/mol. The highest BCUT2D eigenvalue weighted by molar-refractivity contribution is 6.18. The van der Waals surface area contributed by atoms with E-state index in [0.29, 0.717) is 6.07 Å². The highest BCUT2D eigenvalue weighted by atomic mass is 35.5. The average molecular weight is 423 g/mol. The topological polar surface area (TPSA) is 156 Å². The third kappa shape index (κ3) is 6.22. The Kier molecular flexibility index (Phi) is 8.69. The van der Waals surface area contributed by atoms with Gasteiger partial charge in [-0.1, -0.05) is 0 Å². The zero-order valence-electron chi connectivity index (χ0n) is 13.9. The van der Waals surface area contributed by atoms with Gasteiger partial charge in [-0.15, -0.1) is 23.2 Å². The second kappa shape index (κ2) is 10.5. The summed E-state index contributed by atoms with van der Waals surface area (Å²) in [7, 11) is 0. The van der Waals surface area contributed by atoms with Crippen LogP contribution in [0.5, 0.6) is 0 Å². The number of hydrogen-bond acceptors (Lipinski definition) is 7. The number of carbonyl (C=O) groups excluding carboxylic acids is 1. The molecule has 148 valence electrons. The third-order valence-corrected chi connectivity index (χ3v) is 3.74. The Balaban J connectivity index is 3.44. The maximum atomic E-state index is 12.3. The van der Waals surface area contributed by atoms with Gasteiger partial charge in [0, 0.05) is 31.4 Å². The Labute approximate surface area is 163 Å². The maximum Gasteiger partial charge on any atom is 0.305 e. The fourth-order valence-electron chi connectivity index (χ4n) is 2.23. The molecule has 0 heterocycles. The Morgan fingerprint density at radius 3 is 2.07 bits per heavy atom. The van der Waals surface area contributed by atoms with Crippen molar-refractivity contribution in [2.75, 3.05) is 36.3 Å². The van der Waals surface area contributed by atoms with Crippen molar-refractivity contribution >= 4 is 52.1 Å². The standard InChI is InChI=1S/C14H16Cl2N4O7/c15-2-5-18(6-3-16)11-7-9(14(23)17-4-1-13(21)22)10(19(24)25)8-12(11)20(26)27/h7-8H,1-6H2,(H,17,23)(H,21,22). The molecule has 27 heavy (non-hydrogen) atoms. The molecule has 0 fully saturated rings. The van der Waals surface area contributed by atoms with Gasteiger partial charge in [0.1, 0.15) is 11.3 Å². The molecule has 13 heteroatoms. The number of hydrogen-bond donors (Lipinski definition) is 2. The van der Waals surface area contributed by atoms with Crippen molar-refractivity contribution < 1.29 is 24.5 Å². The van der Waals surface area contributed by atoms with Gasteiger partial charge in [0.2, 0.25) is 0 Å². The average Bonchev–Trinajstić information content (AvgIpc) is 2.59. The van der Waals surface area contributed by atoms with E-state index in [-0.39, 0.29) is 43.5 Å². The van der Waals surface area contributed by atoms with Crippen LogP contribution in [0, 0.1) is 20.2 Å². The lowest BCUT2D eigenvalue weighted by Crippen LogP contribution is -2.30. The molecule has 2 N–H and O–H groups in total. The van der Waals surface area contributed by atoms with Crippen molar-refractivity contribution in [2.24, 2.45) is 0 Å². The van der Waals surface area contributed by atoms with Crippen LogP contribution in [0.1, 0.15) is 16.8 Å². The summed E-state index contributed by atoms with van der Waals surface area (Å²) in [6, 6.07) is 1.71. The molecule has 0 saturated carbocycles. The number of carboxylic acid groups (broad SMARTS) is 1. The van der Waals surface area contributed by atoms with Crippen LogP contribution < -0.4 is 10.2 Å². The van der Waals surface area contributed by atoms with Gasteiger partial charge in [-0.25, -0.2) is 0 Å². The molecular formula is C14H16Cl2N4O7. The minimum Gasteiger partial charge on any atom is -0.481 e. The van der Waals surface area contributed by atoms with Crippen molar-refractivity contribution in [3.8, 4) is 0 Å². The number of carboxylic acids is 1. The summed E-state index contributed by atoms with van der Waals surface area (Å²) in [4.78, 5) is 45.2. The second-order valence-electron chi connectivity index (χ2n) is 5.14. The number of nitro groups is 2. The van der Waals surface area contributed by atoms with E-state index >= 15 is 0 Å². The Hall–Kier alpha value is -2.66. The fraction of sp³-hybridized carbons (Fsp3) is 0.429. The smallest absolute Gasteiger partial charge is 0.305 e. The van der Waals surface area contributed by atoms with Gasteiger partial charge in [-0.3, -0.25) is 29.8 Å². The van der Waals surface area contributed by atoms with E-state index in [0.717, 1.165) is 6.07 Å². The molecule has 1 amide bonds. The number of carbonyl (C=O) groups is 2. The second-order valence-corrected chi connectivity index (χ2v) is 5.89. The largest absolute Gasteiger partial charge is 0.481 e. The normalized spacial score (nSPS) is 10.3. The van der Waals surface area contributed by atoms with E-state index in [1.54, 1.807) is 0 Å². The summed E-state index contributed by atoms with van der Waals surface area (Å²) in [6.45, 7) is 0.0602. The lowest BCUT2D eigenvalue weighted by atomic mass is 10.1. The lowest BCUT2D eigenvalue weighted by Gasteiger charge is -2.23. The van der Waals surface area contributed by atoms with E-state index in [9.17, 15) is 29.8 Å². The van der Waals surface area contributed by atoms with E-state index in [4.69, 9.17) is 28.3 Å². The number of anilines is 1. The first-order valence-corrected chi connectivity index (χ1v) is 8.63. The van der Waals surface area contributed by atoms with Crippen molar-refractivity contribution in [1.29, 1.82) is 0 Å². The molecule has 0 aromatic heterocycles. The van der Waals surface area contributed by atoms with Crippen LogP contribution in [-0.4, -0.2) is 58.2 Å². The summed E-state index contributed by atoms with van der Waals surface area (Å²) < 4.78 is 0. The molecule has 0 bridgehead atoms. The van der Waals surface area contributed by atoms with Crippen molar-refractivity contribution in [3.05, 3.63) is 37.9 Å². The van der Waals surface area contributed by atoms with E-state index in [1.807, 2.05) is 0 Å². The third-order valence-electron chi connectivity index (χ3n) is 3.40. The van der Waals surface area contributed by atoms with Crippen LogP contribution >= 0.6 is 23.2 Å². The molecule has 0 unspecified atom stereocenters. The molecular weight excluding hydrogens is 407 g/mol. The van der Waals surface area contributed by atoms with Crippen molar-refractivity contribution in [3.63, 3.8) is 0 Å². The van der Waals surface area contributed by atoms with Gasteiger partial charge >= 0.3 is 5.97 Å². The zero-order chi connectivity index (χ0) is 20.6. The molecule has 1 rings (SSSR count). The summed E-state index contributed by atoms with van der Waals surface area (Å²) in [5, 5.41) is 33.5. The quantitative estimate of drug-likeness (QED) is 0.311. The molecule has 0 spiro atoms. The summed E-state index contributed by atoms with van der Waals surface area (Å²) in [6.07, 6.45) is -0.385. The molecule has 0 saturated heterocycles. The molecule has 0 atom stereocenters. The van der Waals surface area contributed by atoms with Crippen LogP contribution in [0.3, 0.4) is 0 Å². The minimum absolute atomic E-state index is 0.0460. The van der Waals surface area contributed by atoms with E-state index in [1.165, 1.54) is 4.90 Å². The van der Waals surface area contributed by atoms with Gasteiger partial charge in [0.15, 0.2) is 0 Å². The van der Waals surface area contributed by atoms with Crippen LogP contribution in [0.25, 0.3) is 0 Å². The number of aliphatic carboxylic acids is 1. The van der Waals surface area contributed by atoms with Crippen LogP contribution in [0.4, 0.5) is 17.1 Å². The number of benzene rings is 1. The molecule has 1 aromatic carbocycles. The zero-order valence-corrected chi connectivity index (χ0v) is 15.4. The molecule has 0 aliphatic rings. The van der Waals surface area contributed by atoms with E-state index < -0.39 is 38.7 Å². The summed E-state index contributed by atoms with van der Waals surface area (Å²) in [5.41, 5.74) is -1.82. The Morgan fingerprint density at radius 2 is 1.63 bits per heavy atom. The van der Waals surface area contributed by atoms with Gasteiger partial charge in [0.25, 0.3) is 17.3 Å². The van der Waals surface area contributed by atoms with Crippen LogP contribution in [-0.2, 0) is 4.79 Å². The van der Waals surface area contributed by atoms with Gasteiger partial charge in [0.05, 0.1) is 22.3 Å². The van der Waals surface area contributed by atoms with Crippen LogP contribution in [0.15, 0.2) is 12.1 Å². The maximum absolute atomic E-state index is 12.3. The fourth-order valence-corrected chi connectivity index (χ4v) is 2.64. The van der Waals surface area contributed by atoms with Crippen molar-refractivity contribution in [1.82, 2.24) is 5.32 Å². The highest BCUT2D eigenvalue weighted by Crippen LogP contribution is 2.35. The number of nitrogens with zero attached hydrogens (tertiary/aromatic N) is 3. The first-order valence-electron chi connectivity index (χ1n) is 7.56. The SMILES string of the molecule is O=C(O)CCNC(=O)c1cc(N(CCCl)CCCl)c([N+](=O)[O-])cc1[N+](=O)[O-]. The summed E-state index contributed by atoms with van der Waals surface area (Å²) >= 11 is 11.4. The first-order chi connectivity index (χ1) is 12.7. The number of amides is 1. The number of rotatable bonds is 11. The first kappa shape index (κ1) is 22.4. The minimum atomic E-state index is -1.16. The van der Waals surface area contributed by atoms with Gasteiger partial charge in [-0.2, -0.15) is 0 Å². The number of halogens is 2. The number of alkyl halides is 2. The Morgan fingerprint density at radius 1 is 1.07 bits per heavy atom. The predicted octanol–water partition coefficient (Wildman–Crippen LogP) is 1.99. The number of nitro benzene ring substituents is 2. The molecule has 0 aliphatic heterocycles.